The molecule has 1 aromatic rings. The molecule has 11 heavy (non-hydrogen) atoms. The van der Waals surface area contributed by atoms with Crippen LogP contribution in [-0.2, 0) is 0 Å². The summed E-state index contributed by atoms with van der Waals surface area (Å²) >= 11 is 3.53. The van der Waals surface area contributed by atoms with E-state index in [2.05, 4.69) is 12.6 Å². The van der Waals surface area contributed by atoms with Gasteiger partial charge in [-0.3, -0.25) is 0 Å². The summed E-state index contributed by atoms with van der Waals surface area (Å²) in [6.07, 6.45) is 1.69. The number of thiol groups is 1. The molecule has 1 N–H and O–H groups in total. The number of aromatic hydroxyl groups is 1. The Bertz CT molecular complexity index is 139. The van der Waals surface area contributed by atoms with Crippen molar-refractivity contribution in [3.63, 3.8) is 0 Å². The van der Waals surface area contributed by atoms with Crippen molar-refractivity contribution in [2.45, 2.75) is 13.8 Å². The topological polar surface area (TPSA) is 20.2 Å². The molecule has 2 heteroatoms. The van der Waals surface area contributed by atoms with Crippen LogP contribution in [0.3, 0.4) is 0 Å². The van der Waals surface area contributed by atoms with E-state index in [0.717, 1.165) is 0 Å². The van der Waals surface area contributed by atoms with Gasteiger partial charge in [-0.1, -0.05) is 32.0 Å². The van der Waals surface area contributed by atoms with Gasteiger partial charge in [0, 0.05) is 0 Å². The van der Waals surface area contributed by atoms with Crippen molar-refractivity contribution in [3.8, 4) is 5.75 Å². The Kier molecular flexibility index (Phi) is 14.3. The molecule has 64 valence electrons. The molecule has 1 rings (SSSR count). The maximum atomic E-state index is 8.63. The first-order chi connectivity index (χ1) is 5.39. The molecular weight excluding hydrogens is 156 g/mol. The van der Waals surface area contributed by atoms with Crippen LogP contribution in [0.2, 0.25) is 0 Å². The summed E-state index contributed by atoms with van der Waals surface area (Å²) in [5, 5.41) is 8.63. The summed E-state index contributed by atoms with van der Waals surface area (Å²) in [6, 6.07) is 8.71. The van der Waals surface area contributed by atoms with Gasteiger partial charge in [0.2, 0.25) is 0 Å². The molecule has 0 unspecified atom stereocenters. The van der Waals surface area contributed by atoms with E-state index in [1.54, 1.807) is 30.5 Å². The zero-order valence-corrected chi connectivity index (χ0v) is 8.18. The Morgan fingerprint density at radius 3 is 1.55 bits per heavy atom. The Labute approximate surface area is 74.5 Å². The highest BCUT2D eigenvalue weighted by molar-refractivity contribution is 7.79. The maximum absolute atomic E-state index is 8.63. The van der Waals surface area contributed by atoms with E-state index in [-0.39, 0.29) is 0 Å². The Morgan fingerprint density at radius 2 is 1.36 bits per heavy atom. The van der Waals surface area contributed by atoms with Crippen molar-refractivity contribution in [2.75, 3.05) is 6.26 Å². The first kappa shape index (κ1) is 13.0. The highest BCUT2D eigenvalue weighted by atomic mass is 32.1. The lowest BCUT2D eigenvalue weighted by Gasteiger charge is -1.82. The number of phenols is 1. The minimum atomic E-state index is 0.322. The van der Waals surface area contributed by atoms with Gasteiger partial charge in [0.05, 0.1) is 0 Å². The fourth-order valence-electron chi connectivity index (χ4n) is 0.428. The molecule has 0 aliphatic heterocycles. The van der Waals surface area contributed by atoms with E-state index in [1.807, 2.05) is 19.9 Å². The van der Waals surface area contributed by atoms with Crippen molar-refractivity contribution in [1.29, 1.82) is 0 Å². The second-order valence-corrected chi connectivity index (χ2v) is 1.34. The quantitative estimate of drug-likeness (QED) is 0.576. The van der Waals surface area contributed by atoms with Crippen molar-refractivity contribution < 1.29 is 5.11 Å². The van der Waals surface area contributed by atoms with Gasteiger partial charge in [-0.15, -0.1) is 0 Å². The smallest absolute Gasteiger partial charge is 0.115 e. The number of phenolic OH excluding ortho intramolecular Hbond substituents is 1. The molecular formula is C9H16OS. The van der Waals surface area contributed by atoms with Crippen LogP contribution in [0.4, 0.5) is 0 Å². The zero-order chi connectivity index (χ0) is 9.11. The van der Waals surface area contributed by atoms with Gasteiger partial charge < -0.3 is 5.11 Å². The Hall–Kier alpha value is -0.630. The molecule has 0 aliphatic rings. The van der Waals surface area contributed by atoms with Crippen molar-refractivity contribution in [3.05, 3.63) is 30.3 Å². The molecule has 0 fully saturated rings. The second-order valence-electron chi connectivity index (χ2n) is 1.34. The molecule has 1 aromatic carbocycles. The Morgan fingerprint density at radius 1 is 1.00 bits per heavy atom. The Balaban J connectivity index is 0. The number of benzene rings is 1. The SMILES string of the molecule is CC.CS.Oc1ccccc1. The lowest BCUT2D eigenvalue weighted by atomic mass is 10.3. The lowest BCUT2D eigenvalue weighted by molar-refractivity contribution is 0.475. The van der Waals surface area contributed by atoms with Crippen molar-refractivity contribution in [1.82, 2.24) is 0 Å². The molecule has 0 spiro atoms. The summed E-state index contributed by atoms with van der Waals surface area (Å²) in [5.74, 6) is 0.322. The predicted octanol–water partition coefficient (Wildman–Crippen LogP) is 2.96. The molecule has 0 aliphatic carbocycles. The first-order valence-electron chi connectivity index (χ1n) is 3.58. The van der Waals surface area contributed by atoms with E-state index in [0.29, 0.717) is 5.75 Å². The highest BCUT2D eigenvalue weighted by Crippen LogP contribution is 2.02. The predicted molar refractivity (Wildman–Crippen MR) is 54.4 cm³/mol. The fourth-order valence-corrected chi connectivity index (χ4v) is 0.428. The average Bonchev–Trinajstić information content (AvgIpc) is 2.13. The summed E-state index contributed by atoms with van der Waals surface area (Å²) in [7, 11) is 0. The molecule has 0 saturated carbocycles. The standard InChI is InChI=1S/C6H6O.C2H6.CH4S/c7-6-4-2-1-3-5-6;2*1-2/h1-5,7H;1-2H3;2H,1H3. The van der Waals surface area contributed by atoms with Gasteiger partial charge in [-0.25, -0.2) is 0 Å². The van der Waals surface area contributed by atoms with Crippen LogP contribution in [-0.4, -0.2) is 11.4 Å². The van der Waals surface area contributed by atoms with Crippen LogP contribution >= 0.6 is 12.6 Å². The first-order valence-corrected chi connectivity index (χ1v) is 4.48. The van der Waals surface area contributed by atoms with Gasteiger partial charge in [-0.05, 0) is 18.4 Å². The van der Waals surface area contributed by atoms with Gasteiger partial charge in [0.25, 0.3) is 0 Å². The second kappa shape index (κ2) is 12.1. The third-order valence-electron chi connectivity index (χ3n) is 0.756. The molecule has 0 bridgehead atoms. The molecule has 0 amide bonds. The van der Waals surface area contributed by atoms with Crippen molar-refractivity contribution >= 4 is 12.6 Å². The van der Waals surface area contributed by atoms with Gasteiger partial charge >= 0.3 is 0 Å². The molecule has 0 heterocycles. The van der Waals surface area contributed by atoms with Gasteiger partial charge in [0.15, 0.2) is 0 Å². The van der Waals surface area contributed by atoms with Crippen LogP contribution in [0.5, 0.6) is 5.75 Å². The van der Waals surface area contributed by atoms with Crippen LogP contribution in [0, 0.1) is 0 Å². The summed E-state index contributed by atoms with van der Waals surface area (Å²) < 4.78 is 0. The third-order valence-corrected chi connectivity index (χ3v) is 0.756. The molecule has 0 saturated heterocycles. The van der Waals surface area contributed by atoms with E-state index < -0.39 is 0 Å². The number of para-hydroxylation sites is 1. The molecule has 0 atom stereocenters. The highest BCUT2D eigenvalue weighted by Gasteiger charge is 1.74. The van der Waals surface area contributed by atoms with E-state index in [9.17, 15) is 0 Å². The monoisotopic (exact) mass is 172 g/mol. The van der Waals surface area contributed by atoms with E-state index in [4.69, 9.17) is 5.11 Å². The maximum Gasteiger partial charge on any atom is 0.115 e. The molecule has 0 radical (unpaired) electrons. The normalized spacial score (nSPS) is 6.55. The summed E-state index contributed by atoms with van der Waals surface area (Å²) in [4.78, 5) is 0. The van der Waals surface area contributed by atoms with Gasteiger partial charge in [0.1, 0.15) is 5.75 Å². The van der Waals surface area contributed by atoms with E-state index >= 15 is 0 Å². The largest absolute Gasteiger partial charge is 0.508 e. The minimum Gasteiger partial charge on any atom is -0.508 e. The molecule has 1 nitrogen and oxygen atoms in total. The van der Waals surface area contributed by atoms with Crippen LogP contribution in [0.25, 0.3) is 0 Å². The van der Waals surface area contributed by atoms with Crippen molar-refractivity contribution in [2.24, 2.45) is 0 Å². The zero-order valence-electron chi connectivity index (χ0n) is 7.28. The summed E-state index contributed by atoms with van der Waals surface area (Å²) in [5.41, 5.74) is 0. The van der Waals surface area contributed by atoms with Crippen LogP contribution in [0.1, 0.15) is 13.8 Å². The number of rotatable bonds is 0. The van der Waals surface area contributed by atoms with Gasteiger partial charge in [-0.2, -0.15) is 12.6 Å². The minimum absolute atomic E-state index is 0.322. The number of hydrogen-bond donors (Lipinski definition) is 2. The summed E-state index contributed by atoms with van der Waals surface area (Å²) in [6.45, 7) is 4.00. The fraction of sp³-hybridized carbons (Fsp3) is 0.333. The van der Waals surface area contributed by atoms with Crippen LogP contribution in [0.15, 0.2) is 30.3 Å². The molecule has 0 aromatic heterocycles. The number of hydrogen-bond acceptors (Lipinski definition) is 2. The van der Waals surface area contributed by atoms with Crippen LogP contribution < -0.4 is 0 Å². The lowest BCUT2D eigenvalue weighted by Crippen LogP contribution is -1.56. The third kappa shape index (κ3) is 9.37. The van der Waals surface area contributed by atoms with E-state index in [1.165, 1.54) is 0 Å². The average molecular weight is 172 g/mol.